The van der Waals surface area contributed by atoms with Gasteiger partial charge in [0.05, 0.1) is 5.92 Å². The van der Waals surface area contributed by atoms with Gasteiger partial charge in [-0.2, -0.15) is 0 Å². The van der Waals surface area contributed by atoms with E-state index >= 15 is 0 Å². The van der Waals surface area contributed by atoms with Gasteiger partial charge >= 0.3 is 62.1 Å². The van der Waals surface area contributed by atoms with Crippen molar-refractivity contribution in [3.8, 4) is 0 Å². The third-order valence-electron chi connectivity index (χ3n) is 6.43. The van der Waals surface area contributed by atoms with Crippen LogP contribution in [0.4, 0.5) is 0 Å². The Morgan fingerprint density at radius 2 is 0.917 bits per heavy atom. The molecule has 3 aliphatic rings. The number of benzene rings is 4. The first-order chi connectivity index (χ1) is 16.9. The van der Waals surface area contributed by atoms with Gasteiger partial charge in [0.2, 0.25) is 6.04 Å². The summed E-state index contributed by atoms with van der Waals surface area (Å²) in [5, 5.41) is 0. The fourth-order valence-electron chi connectivity index (χ4n) is 5.30. The molecule has 0 radical (unpaired) electrons. The van der Waals surface area contributed by atoms with E-state index in [0.717, 1.165) is 0 Å². The van der Waals surface area contributed by atoms with Crippen LogP contribution in [0.2, 0.25) is 0 Å². The Balaban J connectivity index is 0.000000338. The molecule has 0 spiro atoms. The van der Waals surface area contributed by atoms with Crippen molar-refractivity contribution in [1.82, 2.24) is 0 Å². The number of halogens is 6. The maximum absolute atomic E-state index is 5.42. The zero-order chi connectivity index (χ0) is 25.6. The Morgan fingerprint density at radius 3 is 1.39 bits per heavy atom. The van der Waals surface area contributed by atoms with Crippen LogP contribution in [0.25, 0.3) is 0 Å². The summed E-state index contributed by atoms with van der Waals surface area (Å²) in [6.07, 6.45) is 2.36. The number of fused-ring (bicyclic) bond motifs is 1. The van der Waals surface area contributed by atoms with Gasteiger partial charge in [0, 0.05) is 22.3 Å². The second-order valence-corrected chi connectivity index (χ2v) is 65.8. The molecule has 2 aliphatic heterocycles. The first-order valence-corrected chi connectivity index (χ1v) is 30.7. The molecule has 4 aromatic rings. The van der Waals surface area contributed by atoms with Gasteiger partial charge in [-0.1, -0.05) is 97.1 Å². The van der Waals surface area contributed by atoms with Gasteiger partial charge in [0.1, 0.15) is 0 Å². The Hall–Kier alpha value is -0.892. The van der Waals surface area contributed by atoms with Crippen LogP contribution in [-0.2, 0) is 0 Å². The standard InChI is InChI=1S/C28H22N.6ClH.Sb/c1-3-11-20(12-4-1)19-29-27(21-13-5-2-6-14-21)26-22-15-7-9-17-24(22)28(29)25-18-10-8-16-23(25)26;;;;;;;/h1-19,26-28H;6*1H;/q+1;;;;;;;+5/p-6. The Labute approximate surface area is 231 Å². The molecular weight excluding hydrogens is 685 g/mol. The zero-order valence-corrected chi connectivity index (χ0v) is 26.0. The van der Waals surface area contributed by atoms with Crippen molar-refractivity contribution in [3.63, 3.8) is 0 Å². The van der Waals surface area contributed by atoms with Crippen LogP contribution in [-0.4, -0.2) is 19.9 Å². The zero-order valence-electron chi connectivity index (χ0n) is 18.9. The summed E-state index contributed by atoms with van der Waals surface area (Å²) < 4.78 is 2.60. The molecule has 0 fully saturated rings. The molecule has 0 amide bonds. The van der Waals surface area contributed by atoms with Gasteiger partial charge in [-0.25, -0.2) is 4.58 Å². The normalized spacial score (nSPS) is 22.9. The van der Waals surface area contributed by atoms with Crippen molar-refractivity contribution in [3.05, 3.63) is 143 Å². The van der Waals surface area contributed by atoms with Crippen LogP contribution >= 0.6 is 53.0 Å². The molecule has 7 rings (SSSR count). The Morgan fingerprint density at radius 1 is 0.528 bits per heavy atom. The van der Waals surface area contributed by atoms with Gasteiger partial charge in [0.15, 0.2) is 12.3 Å². The Kier molecular flexibility index (Phi) is 6.96. The average molecular weight is 707 g/mol. The first-order valence-electron chi connectivity index (χ1n) is 11.3. The number of rotatable bonds is 2. The summed E-state index contributed by atoms with van der Waals surface area (Å²) in [4.78, 5) is 0. The molecule has 4 aromatic carbocycles. The van der Waals surface area contributed by atoms with Crippen LogP contribution in [0, 0.1) is 0 Å². The summed E-state index contributed by atoms with van der Waals surface area (Å²) in [7, 11) is 25.0. The van der Waals surface area contributed by atoms with Crippen LogP contribution in [0.1, 0.15) is 51.4 Å². The van der Waals surface area contributed by atoms with E-state index < -0.39 is 9.14 Å². The van der Waals surface area contributed by atoms with Crippen LogP contribution < -0.4 is 0 Å². The van der Waals surface area contributed by atoms with Gasteiger partial charge in [-0.3, -0.25) is 0 Å². The van der Waals surface area contributed by atoms with Crippen LogP contribution in [0.5, 0.6) is 0 Å². The summed E-state index contributed by atoms with van der Waals surface area (Å²) in [6, 6.07) is 40.3. The third kappa shape index (κ3) is 6.39. The minimum absolute atomic E-state index is 0.234. The number of hydrogen-bond acceptors (Lipinski definition) is 0. The monoisotopic (exact) mass is 703 g/mol. The van der Waals surface area contributed by atoms with E-state index in [4.69, 9.17) is 53.0 Å². The molecule has 36 heavy (non-hydrogen) atoms. The molecule has 2 bridgehead atoms. The number of nitrogens with zero attached hydrogens (tertiary/aromatic N) is 1. The molecule has 0 aromatic heterocycles. The first kappa shape index (κ1) is 26.7. The second kappa shape index (κ2) is 9.39. The van der Waals surface area contributed by atoms with E-state index in [1.165, 1.54) is 33.4 Å². The quantitative estimate of drug-likeness (QED) is 0.144. The minimum atomic E-state index is -5.42. The molecule has 1 atom stereocenters. The number of hydrogen-bond donors (Lipinski definition) is 0. The SMILES string of the molecule is C(c1ccccc1)=[N+]1C2c3ccccc3C(c3ccccc32)C1c1ccccc1.[Cl][Sb-]([Cl])([Cl])([Cl])([Cl])[Cl]. The van der Waals surface area contributed by atoms with Crippen molar-refractivity contribution in [1.29, 1.82) is 0 Å². The maximum atomic E-state index is 5.06. The van der Waals surface area contributed by atoms with E-state index in [2.05, 4.69) is 120 Å². The van der Waals surface area contributed by atoms with E-state index in [1.54, 1.807) is 0 Å². The molecular formula is C28H22Cl6NSb. The summed E-state index contributed by atoms with van der Waals surface area (Å²) in [5.74, 6) is 0.328. The molecule has 186 valence electrons. The molecule has 2 heterocycles. The van der Waals surface area contributed by atoms with Crippen molar-refractivity contribution in [2.75, 3.05) is 0 Å². The molecule has 1 nitrogen and oxygen atoms in total. The van der Waals surface area contributed by atoms with Crippen molar-refractivity contribution in [2.24, 2.45) is 0 Å². The van der Waals surface area contributed by atoms with Crippen molar-refractivity contribution >= 4 is 68.3 Å². The van der Waals surface area contributed by atoms with Gasteiger partial charge in [-0.05, 0) is 23.3 Å². The molecule has 0 saturated carbocycles. The van der Waals surface area contributed by atoms with Gasteiger partial charge < -0.3 is 0 Å². The third-order valence-corrected chi connectivity index (χ3v) is 6.43. The fourth-order valence-corrected chi connectivity index (χ4v) is 5.30. The Bertz CT molecular complexity index is 1380. The van der Waals surface area contributed by atoms with Crippen LogP contribution in [0.15, 0.2) is 109 Å². The average Bonchev–Trinajstić information content (AvgIpc) is 2.83. The molecule has 1 aliphatic carbocycles. The predicted octanol–water partition coefficient (Wildman–Crippen LogP) is 9.86. The van der Waals surface area contributed by atoms with E-state index in [0.29, 0.717) is 5.92 Å². The summed E-state index contributed by atoms with van der Waals surface area (Å²) >= 11 is 0. The van der Waals surface area contributed by atoms with Gasteiger partial charge in [-0.15, -0.1) is 0 Å². The van der Waals surface area contributed by atoms with E-state index in [-0.39, 0.29) is 12.1 Å². The molecule has 1 unspecified atom stereocenters. The predicted molar refractivity (Wildman–Crippen MR) is 158 cm³/mol. The molecule has 0 saturated heterocycles. The fraction of sp³-hybridized carbons (Fsp3) is 0.107. The van der Waals surface area contributed by atoms with E-state index in [1.807, 2.05) is 0 Å². The van der Waals surface area contributed by atoms with Crippen molar-refractivity contribution < 1.29 is 4.58 Å². The summed E-state index contributed by atoms with van der Waals surface area (Å²) in [5.41, 5.74) is 8.45. The molecule has 8 heteroatoms. The topological polar surface area (TPSA) is 3.01 Å². The summed E-state index contributed by atoms with van der Waals surface area (Å²) in [6.45, 7) is 0. The second-order valence-electron chi connectivity index (χ2n) is 8.94. The van der Waals surface area contributed by atoms with E-state index in [9.17, 15) is 0 Å². The van der Waals surface area contributed by atoms with Gasteiger partial charge in [0.25, 0.3) is 0 Å². The van der Waals surface area contributed by atoms with Crippen molar-refractivity contribution in [2.45, 2.75) is 18.0 Å². The van der Waals surface area contributed by atoms with Crippen LogP contribution in [0.3, 0.4) is 0 Å². The molecule has 0 N–H and O–H groups in total.